The molecule has 0 aliphatic heterocycles. The first-order chi connectivity index (χ1) is 17.1. The van der Waals surface area contributed by atoms with Gasteiger partial charge < -0.3 is 14.8 Å². The molecule has 0 heterocycles. The van der Waals surface area contributed by atoms with Crippen LogP contribution in [-0.4, -0.2) is 39.4 Å². The Balaban J connectivity index is 1.89. The van der Waals surface area contributed by atoms with Crippen molar-refractivity contribution in [2.45, 2.75) is 45.2 Å². The summed E-state index contributed by atoms with van der Waals surface area (Å²) >= 11 is 0. The largest absolute Gasteiger partial charge is 0.493 e. The zero-order valence-electron chi connectivity index (χ0n) is 21.7. The van der Waals surface area contributed by atoms with E-state index in [1.165, 1.54) is 42.3 Å². The molecule has 0 radical (unpaired) electrons. The summed E-state index contributed by atoms with van der Waals surface area (Å²) in [5.41, 5.74) is 5.17. The van der Waals surface area contributed by atoms with Gasteiger partial charge in [-0.1, -0.05) is 42.5 Å². The molecular weight excluding hydrogens is 476 g/mol. The molecule has 3 rings (SSSR count). The van der Waals surface area contributed by atoms with E-state index in [1.807, 2.05) is 51.1 Å². The minimum absolute atomic E-state index is 0.0157. The maximum atomic E-state index is 13.7. The molecule has 1 N–H and O–H groups in total. The average Bonchev–Trinajstić information content (AvgIpc) is 2.85. The Morgan fingerprint density at radius 3 is 2.17 bits per heavy atom. The Morgan fingerprint density at radius 1 is 0.889 bits per heavy atom. The number of rotatable bonds is 10. The molecule has 3 aromatic carbocycles. The normalized spacial score (nSPS) is 12.3. The minimum atomic E-state index is -4.04. The van der Waals surface area contributed by atoms with Crippen LogP contribution in [0.3, 0.4) is 0 Å². The van der Waals surface area contributed by atoms with Crippen LogP contribution in [0.15, 0.2) is 65.6 Å². The average molecular weight is 511 g/mol. The molecule has 0 unspecified atom stereocenters. The highest BCUT2D eigenvalue weighted by Gasteiger charge is 2.28. The van der Waals surface area contributed by atoms with Gasteiger partial charge in [0.15, 0.2) is 11.5 Å². The summed E-state index contributed by atoms with van der Waals surface area (Å²) in [4.78, 5) is 13.1. The molecule has 192 valence electrons. The van der Waals surface area contributed by atoms with Crippen LogP contribution in [0.1, 0.15) is 40.8 Å². The lowest BCUT2D eigenvalue weighted by Gasteiger charge is -2.24. The van der Waals surface area contributed by atoms with Crippen molar-refractivity contribution < 1.29 is 22.7 Å². The molecular formula is C28H34N2O5S. The van der Waals surface area contributed by atoms with Gasteiger partial charge in [0, 0.05) is 12.6 Å². The van der Waals surface area contributed by atoms with Crippen molar-refractivity contribution in [3.05, 3.63) is 88.5 Å². The molecule has 7 nitrogen and oxygen atoms in total. The van der Waals surface area contributed by atoms with Gasteiger partial charge in [0.1, 0.15) is 0 Å². The van der Waals surface area contributed by atoms with Crippen molar-refractivity contribution in [2.75, 3.05) is 20.8 Å². The van der Waals surface area contributed by atoms with Crippen LogP contribution in [-0.2, 0) is 21.4 Å². The minimum Gasteiger partial charge on any atom is -0.493 e. The highest BCUT2D eigenvalue weighted by Crippen LogP contribution is 2.31. The summed E-state index contributed by atoms with van der Waals surface area (Å²) in [6, 6.07) is 17.5. The fourth-order valence-electron chi connectivity index (χ4n) is 4.11. The van der Waals surface area contributed by atoms with Crippen LogP contribution >= 0.6 is 0 Å². The molecule has 0 aliphatic carbocycles. The number of benzene rings is 3. The number of ether oxygens (including phenoxy) is 2. The van der Waals surface area contributed by atoms with Crippen molar-refractivity contribution >= 4 is 15.9 Å². The van der Waals surface area contributed by atoms with Crippen molar-refractivity contribution in [3.63, 3.8) is 0 Å². The van der Waals surface area contributed by atoms with E-state index in [9.17, 15) is 13.2 Å². The molecule has 0 aromatic heterocycles. The van der Waals surface area contributed by atoms with Crippen LogP contribution in [0.5, 0.6) is 11.5 Å². The molecule has 3 aromatic rings. The van der Waals surface area contributed by atoms with Gasteiger partial charge in [-0.2, -0.15) is 4.31 Å². The van der Waals surface area contributed by atoms with Crippen LogP contribution in [0.4, 0.5) is 0 Å². The van der Waals surface area contributed by atoms with Gasteiger partial charge in [-0.25, -0.2) is 8.42 Å². The quantitative estimate of drug-likeness (QED) is 0.428. The second-order valence-electron chi connectivity index (χ2n) is 8.86. The number of hydrogen-bond acceptors (Lipinski definition) is 5. The fraction of sp³-hybridized carbons (Fsp3) is 0.321. The number of methoxy groups -OCH3 is 2. The van der Waals surface area contributed by atoms with Gasteiger partial charge in [-0.3, -0.25) is 4.79 Å². The predicted molar refractivity (Wildman–Crippen MR) is 141 cm³/mol. The zero-order chi connectivity index (χ0) is 26.5. The Bertz CT molecular complexity index is 1320. The third kappa shape index (κ3) is 6.25. The summed E-state index contributed by atoms with van der Waals surface area (Å²) in [5.74, 6) is 0.322. The molecule has 1 amide bonds. The zero-order valence-corrected chi connectivity index (χ0v) is 22.5. The first-order valence-corrected chi connectivity index (χ1v) is 13.1. The van der Waals surface area contributed by atoms with E-state index in [0.29, 0.717) is 11.5 Å². The van der Waals surface area contributed by atoms with Crippen LogP contribution in [0.2, 0.25) is 0 Å². The second-order valence-corrected chi connectivity index (χ2v) is 10.8. The van der Waals surface area contributed by atoms with Gasteiger partial charge in [-0.15, -0.1) is 0 Å². The van der Waals surface area contributed by atoms with Crippen molar-refractivity contribution in [2.24, 2.45) is 0 Å². The van der Waals surface area contributed by atoms with Gasteiger partial charge in [0.25, 0.3) is 0 Å². The number of nitrogens with one attached hydrogen (secondary N) is 1. The Labute approximate surface area is 214 Å². The molecule has 0 fully saturated rings. The number of carbonyl (C=O) groups excluding carboxylic acids is 1. The van der Waals surface area contributed by atoms with Gasteiger partial charge in [0.05, 0.1) is 31.7 Å². The first-order valence-electron chi connectivity index (χ1n) is 11.7. The molecule has 0 aliphatic rings. The van der Waals surface area contributed by atoms with E-state index in [2.05, 4.69) is 24.4 Å². The van der Waals surface area contributed by atoms with E-state index in [-0.39, 0.29) is 29.9 Å². The van der Waals surface area contributed by atoms with Crippen LogP contribution in [0, 0.1) is 20.8 Å². The Morgan fingerprint density at radius 2 is 1.53 bits per heavy atom. The third-order valence-electron chi connectivity index (χ3n) is 6.24. The molecule has 0 saturated carbocycles. The Hall–Kier alpha value is -3.36. The molecule has 36 heavy (non-hydrogen) atoms. The molecule has 8 heteroatoms. The highest BCUT2D eigenvalue weighted by molar-refractivity contribution is 7.89. The van der Waals surface area contributed by atoms with Crippen LogP contribution < -0.4 is 14.8 Å². The number of carbonyl (C=O) groups is 1. The monoisotopic (exact) mass is 510 g/mol. The number of sulfonamides is 1. The number of hydrogen-bond donors (Lipinski definition) is 1. The SMILES string of the molecule is COc1ccc(S(=O)(=O)N(CC(=O)N[C@H](C)c2cc(C)c(C)cc2C)Cc2ccccc2)cc1OC. The van der Waals surface area contributed by atoms with Gasteiger partial charge >= 0.3 is 0 Å². The van der Waals surface area contributed by atoms with E-state index in [4.69, 9.17) is 9.47 Å². The second kappa shape index (κ2) is 11.6. The number of nitrogens with zero attached hydrogens (tertiary/aromatic N) is 1. The Kier molecular flexibility index (Phi) is 8.76. The predicted octanol–water partition coefficient (Wildman–Crippen LogP) is 4.70. The molecule has 1 atom stereocenters. The number of aryl methyl sites for hydroxylation is 3. The third-order valence-corrected chi connectivity index (χ3v) is 8.03. The lowest BCUT2D eigenvalue weighted by Crippen LogP contribution is -2.41. The first kappa shape index (κ1) is 27.2. The standard InChI is InChI=1S/C28H34N2O5S/c1-19-14-21(3)25(15-20(19)2)22(4)29-28(31)18-30(17-23-10-8-7-9-11-23)36(32,33)24-12-13-26(34-5)27(16-24)35-6/h7-16,22H,17-18H2,1-6H3,(H,29,31)/t22-/m1/s1. The van der Waals surface area contributed by atoms with Gasteiger partial charge in [-0.05, 0) is 67.6 Å². The van der Waals surface area contributed by atoms with E-state index in [0.717, 1.165) is 22.3 Å². The summed E-state index contributed by atoms with van der Waals surface area (Å²) in [6.07, 6.45) is 0. The summed E-state index contributed by atoms with van der Waals surface area (Å²) in [5, 5.41) is 2.97. The lowest BCUT2D eigenvalue weighted by molar-refractivity contribution is -0.122. The van der Waals surface area contributed by atoms with E-state index < -0.39 is 10.0 Å². The maximum Gasteiger partial charge on any atom is 0.243 e. The maximum absolute atomic E-state index is 13.7. The van der Waals surface area contributed by atoms with E-state index in [1.54, 1.807) is 0 Å². The number of amides is 1. The van der Waals surface area contributed by atoms with Crippen molar-refractivity contribution in [3.8, 4) is 11.5 Å². The summed E-state index contributed by atoms with van der Waals surface area (Å²) in [7, 11) is -1.11. The van der Waals surface area contributed by atoms with E-state index >= 15 is 0 Å². The smallest absolute Gasteiger partial charge is 0.243 e. The summed E-state index contributed by atoms with van der Waals surface area (Å²) < 4.78 is 39.1. The molecule has 0 spiro atoms. The van der Waals surface area contributed by atoms with Crippen molar-refractivity contribution in [1.82, 2.24) is 9.62 Å². The molecule has 0 bridgehead atoms. The topological polar surface area (TPSA) is 84.9 Å². The lowest BCUT2D eigenvalue weighted by atomic mass is 9.96. The van der Waals surface area contributed by atoms with Crippen molar-refractivity contribution in [1.29, 1.82) is 0 Å². The fourth-order valence-corrected chi connectivity index (χ4v) is 5.51. The van der Waals surface area contributed by atoms with Gasteiger partial charge in [0.2, 0.25) is 15.9 Å². The molecule has 0 saturated heterocycles. The summed E-state index contributed by atoms with van der Waals surface area (Å²) in [6.45, 7) is 7.70. The van der Waals surface area contributed by atoms with Crippen LogP contribution in [0.25, 0.3) is 0 Å². The highest BCUT2D eigenvalue weighted by atomic mass is 32.2.